The first-order valence-corrected chi connectivity index (χ1v) is 8.94. The molecule has 0 aliphatic carbocycles. The molecule has 5 heteroatoms. The molecule has 0 saturated carbocycles. The number of hydrogen-bond acceptors (Lipinski definition) is 4. The zero-order chi connectivity index (χ0) is 17.8. The van der Waals surface area contributed by atoms with Crippen molar-refractivity contribution in [3.05, 3.63) is 88.9 Å². The maximum Gasteiger partial charge on any atom is 0.258 e. The largest absolute Gasteiger partial charge is 0.489 e. The predicted molar refractivity (Wildman–Crippen MR) is 104 cm³/mol. The van der Waals surface area contributed by atoms with Gasteiger partial charge in [0.1, 0.15) is 12.4 Å². The lowest BCUT2D eigenvalue weighted by Gasteiger charge is -2.07. The van der Waals surface area contributed by atoms with E-state index in [1.165, 1.54) is 0 Å². The highest BCUT2D eigenvalue weighted by molar-refractivity contribution is 9.10. The summed E-state index contributed by atoms with van der Waals surface area (Å²) < 4.78 is 12.3. The minimum absolute atomic E-state index is 0.467. The minimum atomic E-state index is 0.467. The Bertz CT molecular complexity index is 998. The number of rotatable bonds is 5. The van der Waals surface area contributed by atoms with Crippen molar-refractivity contribution in [3.8, 4) is 28.6 Å². The number of halogens is 1. The molecular weight excluding hydrogens is 392 g/mol. The van der Waals surface area contributed by atoms with Crippen LogP contribution in [0.15, 0.2) is 87.9 Å². The van der Waals surface area contributed by atoms with Gasteiger partial charge in [-0.15, -0.1) is 0 Å². The van der Waals surface area contributed by atoms with Gasteiger partial charge in [-0.3, -0.25) is 0 Å². The molecule has 3 aromatic carbocycles. The van der Waals surface area contributed by atoms with Crippen LogP contribution in [0.1, 0.15) is 5.56 Å². The Balaban J connectivity index is 1.51. The van der Waals surface area contributed by atoms with Crippen LogP contribution < -0.4 is 4.74 Å². The van der Waals surface area contributed by atoms with Gasteiger partial charge >= 0.3 is 0 Å². The number of aromatic nitrogens is 2. The number of nitrogens with zero attached hydrogens (tertiary/aromatic N) is 2. The lowest BCUT2D eigenvalue weighted by molar-refractivity contribution is 0.306. The SMILES string of the molecule is Brc1ccc(OCc2cccc(-c3nc(-c4ccccc4)no3)c2)cc1. The lowest BCUT2D eigenvalue weighted by Crippen LogP contribution is -1.95. The number of ether oxygens (including phenoxy) is 1. The Kier molecular flexibility index (Phi) is 4.80. The van der Waals surface area contributed by atoms with Crippen LogP contribution >= 0.6 is 15.9 Å². The van der Waals surface area contributed by atoms with Crippen molar-refractivity contribution < 1.29 is 9.26 Å². The van der Waals surface area contributed by atoms with Gasteiger partial charge in [-0.1, -0.05) is 63.6 Å². The molecule has 1 heterocycles. The summed E-state index contributed by atoms with van der Waals surface area (Å²) in [5, 5.41) is 4.07. The molecule has 0 unspecified atom stereocenters. The van der Waals surface area contributed by atoms with E-state index in [-0.39, 0.29) is 0 Å². The molecular formula is C21H15BrN2O2. The molecule has 0 N–H and O–H groups in total. The van der Waals surface area contributed by atoms with Crippen molar-refractivity contribution in [2.24, 2.45) is 0 Å². The monoisotopic (exact) mass is 406 g/mol. The van der Waals surface area contributed by atoms with E-state index in [9.17, 15) is 0 Å². The molecule has 4 aromatic rings. The number of hydrogen-bond donors (Lipinski definition) is 0. The Hall–Kier alpha value is -2.92. The fourth-order valence-electron chi connectivity index (χ4n) is 2.54. The van der Waals surface area contributed by atoms with E-state index >= 15 is 0 Å². The predicted octanol–water partition coefficient (Wildman–Crippen LogP) is 5.75. The van der Waals surface area contributed by atoms with Crippen molar-refractivity contribution in [2.75, 3.05) is 0 Å². The van der Waals surface area contributed by atoms with Crippen molar-refractivity contribution in [2.45, 2.75) is 6.61 Å². The second kappa shape index (κ2) is 7.54. The summed E-state index contributed by atoms with van der Waals surface area (Å²) in [5.41, 5.74) is 2.83. The quantitative estimate of drug-likeness (QED) is 0.423. The maximum absolute atomic E-state index is 5.82. The van der Waals surface area contributed by atoms with Gasteiger partial charge in [0.25, 0.3) is 5.89 Å². The highest BCUT2D eigenvalue weighted by Crippen LogP contribution is 2.23. The Morgan fingerprint density at radius 3 is 2.42 bits per heavy atom. The van der Waals surface area contributed by atoms with Crippen molar-refractivity contribution in [3.63, 3.8) is 0 Å². The third kappa shape index (κ3) is 3.83. The molecule has 26 heavy (non-hydrogen) atoms. The van der Waals surface area contributed by atoms with Gasteiger partial charge in [0.2, 0.25) is 5.82 Å². The van der Waals surface area contributed by atoms with Crippen molar-refractivity contribution in [1.29, 1.82) is 0 Å². The van der Waals surface area contributed by atoms with Gasteiger partial charge in [0, 0.05) is 15.6 Å². The van der Waals surface area contributed by atoms with E-state index in [1.54, 1.807) is 0 Å². The van der Waals surface area contributed by atoms with Crippen LogP contribution in [0.25, 0.3) is 22.8 Å². The molecule has 4 nitrogen and oxygen atoms in total. The van der Waals surface area contributed by atoms with Gasteiger partial charge in [-0.05, 0) is 42.0 Å². The fraction of sp³-hybridized carbons (Fsp3) is 0.0476. The summed E-state index contributed by atoms with van der Waals surface area (Å²) in [6, 6.07) is 25.5. The summed E-state index contributed by atoms with van der Waals surface area (Å²) in [6.45, 7) is 0.467. The molecule has 0 amide bonds. The molecule has 0 spiro atoms. The molecule has 4 rings (SSSR count). The van der Waals surface area contributed by atoms with Gasteiger partial charge in [0.15, 0.2) is 0 Å². The van der Waals surface area contributed by atoms with Gasteiger partial charge < -0.3 is 9.26 Å². The Morgan fingerprint density at radius 1 is 0.846 bits per heavy atom. The smallest absolute Gasteiger partial charge is 0.258 e. The van der Waals surface area contributed by atoms with Crippen LogP contribution in [-0.4, -0.2) is 10.1 Å². The average molecular weight is 407 g/mol. The molecule has 0 aliphatic heterocycles. The van der Waals surface area contributed by atoms with E-state index in [1.807, 2.05) is 78.9 Å². The minimum Gasteiger partial charge on any atom is -0.489 e. The van der Waals surface area contributed by atoms with E-state index in [2.05, 4.69) is 26.1 Å². The van der Waals surface area contributed by atoms with Gasteiger partial charge in [0.05, 0.1) is 0 Å². The topological polar surface area (TPSA) is 48.2 Å². The van der Waals surface area contributed by atoms with Crippen LogP contribution in [0.4, 0.5) is 0 Å². The van der Waals surface area contributed by atoms with Crippen LogP contribution in [0.5, 0.6) is 5.75 Å². The average Bonchev–Trinajstić information content (AvgIpc) is 3.19. The highest BCUT2D eigenvalue weighted by atomic mass is 79.9. The summed E-state index contributed by atoms with van der Waals surface area (Å²) in [7, 11) is 0. The summed E-state index contributed by atoms with van der Waals surface area (Å²) in [5.74, 6) is 1.90. The first-order valence-electron chi connectivity index (χ1n) is 8.15. The zero-order valence-corrected chi connectivity index (χ0v) is 15.4. The second-order valence-corrected chi connectivity index (χ2v) is 6.65. The summed E-state index contributed by atoms with van der Waals surface area (Å²) in [6.07, 6.45) is 0. The number of benzene rings is 3. The zero-order valence-electron chi connectivity index (χ0n) is 13.8. The van der Waals surface area contributed by atoms with E-state index in [4.69, 9.17) is 9.26 Å². The first-order chi connectivity index (χ1) is 12.8. The van der Waals surface area contributed by atoms with Crippen molar-refractivity contribution in [1.82, 2.24) is 10.1 Å². The lowest BCUT2D eigenvalue weighted by atomic mass is 10.1. The second-order valence-electron chi connectivity index (χ2n) is 5.73. The molecule has 0 radical (unpaired) electrons. The molecule has 0 aliphatic rings. The van der Waals surface area contributed by atoms with Crippen LogP contribution in [0, 0.1) is 0 Å². The molecule has 0 fully saturated rings. The third-order valence-corrected chi connectivity index (χ3v) is 4.38. The molecule has 0 saturated heterocycles. The van der Waals surface area contributed by atoms with E-state index in [0.717, 1.165) is 26.9 Å². The van der Waals surface area contributed by atoms with Crippen LogP contribution in [-0.2, 0) is 6.61 Å². The third-order valence-electron chi connectivity index (χ3n) is 3.85. The molecule has 1 aromatic heterocycles. The van der Waals surface area contributed by atoms with Gasteiger partial charge in [-0.25, -0.2) is 0 Å². The standard InChI is InChI=1S/C21H15BrN2O2/c22-18-9-11-19(12-10-18)25-14-15-5-4-8-17(13-15)21-23-20(24-26-21)16-6-2-1-3-7-16/h1-13H,14H2. The summed E-state index contributed by atoms with van der Waals surface area (Å²) in [4.78, 5) is 4.50. The van der Waals surface area contributed by atoms with Crippen molar-refractivity contribution >= 4 is 15.9 Å². The summed E-state index contributed by atoms with van der Waals surface area (Å²) >= 11 is 3.42. The van der Waals surface area contributed by atoms with Crippen LogP contribution in [0.3, 0.4) is 0 Å². The van der Waals surface area contributed by atoms with E-state index in [0.29, 0.717) is 18.3 Å². The molecule has 0 atom stereocenters. The van der Waals surface area contributed by atoms with E-state index < -0.39 is 0 Å². The van der Waals surface area contributed by atoms with Crippen LogP contribution in [0.2, 0.25) is 0 Å². The Labute approximate surface area is 159 Å². The molecule has 0 bridgehead atoms. The fourth-order valence-corrected chi connectivity index (χ4v) is 2.80. The normalized spacial score (nSPS) is 10.7. The first kappa shape index (κ1) is 16.5. The Morgan fingerprint density at radius 2 is 1.62 bits per heavy atom. The maximum atomic E-state index is 5.82. The highest BCUT2D eigenvalue weighted by Gasteiger charge is 2.11. The van der Waals surface area contributed by atoms with Gasteiger partial charge in [-0.2, -0.15) is 4.98 Å². The molecule has 128 valence electrons.